The summed E-state index contributed by atoms with van der Waals surface area (Å²) < 4.78 is 5.59. The van der Waals surface area contributed by atoms with E-state index in [2.05, 4.69) is 22.5 Å². The molecule has 1 aliphatic rings. The molecule has 1 saturated heterocycles. The average molecular weight is 448 g/mol. The number of aliphatic hydroxyl groups excluding tert-OH is 1. The van der Waals surface area contributed by atoms with Gasteiger partial charge in [0.1, 0.15) is 0 Å². The first-order chi connectivity index (χ1) is 16.1. The van der Waals surface area contributed by atoms with Gasteiger partial charge in [0.25, 0.3) is 0 Å². The van der Waals surface area contributed by atoms with Crippen LogP contribution in [0, 0.1) is 0 Å². The number of aromatic nitrogens is 2. The summed E-state index contributed by atoms with van der Waals surface area (Å²) >= 11 is 0. The van der Waals surface area contributed by atoms with Gasteiger partial charge in [-0.2, -0.15) is 0 Å². The lowest BCUT2D eigenvalue weighted by atomic mass is 10.0. The Morgan fingerprint density at radius 3 is 2.64 bits per heavy atom. The molecule has 0 spiro atoms. The van der Waals surface area contributed by atoms with Crippen molar-refractivity contribution in [2.24, 2.45) is 0 Å². The standard InChI is InChI=1S/C25H29N5O3/c1-3-26-25(32)27-20-10-8-18(9-11-20)22-14-23(21-7-5-4-6-19(21)15-31)29-24(28-22)30-12-13-33-16-17(30)2/h4-11,14,17,31H,3,12-13,15-16H2,1-2H3,(H2,26,27,32)/t17-/m0/s1. The largest absolute Gasteiger partial charge is 0.392 e. The fourth-order valence-electron chi connectivity index (χ4n) is 3.84. The Hall–Kier alpha value is -3.49. The highest BCUT2D eigenvalue weighted by atomic mass is 16.5. The molecule has 2 aromatic carbocycles. The van der Waals surface area contributed by atoms with Crippen molar-refractivity contribution in [3.8, 4) is 22.5 Å². The third kappa shape index (κ3) is 5.30. The number of hydrogen-bond acceptors (Lipinski definition) is 6. The van der Waals surface area contributed by atoms with Crippen LogP contribution in [0.15, 0.2) is 54.6 Å². The smallest absolute Gasteiger partial charge is 0.319 e. The second-order valence-corrected chi connectivity index (χ2v) is 7.93. The molecule has 2 amide bonds. The van der Waals surface area contributed by atoms with Crippen molar-refractivity contribution in [2.75, 3.05) is 36.5 Å². The number of anilines is 2. The van der Waals surface area contributed by atoms with Crippen molar-refractivity contribution in [2.45, 2.75) is 26.5 Å². The molecule has 1 fully saturated rings. The van der Waals surface area contributed by atoms with Crippen LogP contribution in [0.1, 0.15) is 19.4 Å². The maximum atomic E-state index is 11.8. The number of ether oxygens (including phenoxy) is 1. The topological polar surface area (TPSA) is 99.6 Å². The zero-order valence-electron chi connectivity index (χ0n) is 18.9. The molecule has 1 atom stereocenters. The van der Waals surface area contributed by atoms with Crippen molar-refractivity contribution in [3.05, 3.63) is 60.2 Å². The quantitative estimate of drug-likeness (QED) is 0.533. The van der Waals surface area contributed by atoms with E-state index in [-0.39, 0.29) is 18.7 Å². The Balaban J connectivity index is 1.74. The summed E-state index contributed by atoms with van der Waals surface area (Å²) in [6, 6.07) is 17.1. The Bertz CT molecular complexity index is 1100. The summed E-state index contributed by atoms with van der Waals surface area (Å²) in [4.78, 5) is 23.7. The molecule has 3 N–H and O–H groups in total. The maximum Gasteiger partial charge on any atom is 0.319 e. The highest BCUT2D eigenvalue weighted by Gasteiger charge is 2.23. The molecule has 8 nitrogen and oxygen atoms in total. The molecule has 1 aliphatic heterocycles. The molecule has 4 rings (SSSR count). The molecule has 2 heterocycles. The Morgan fingerprint density at radius 1 is 1.15 bits per heavy atom. The van der Waals surface area contributed by atoms with Crippen molar-refractivity contribution in [1.82, 2.24) is 15.3 Å². The summed E-state index contributed by atoms with van der Waals surface area (Å²) in [5, 5.41) is 15.4. The number of urea groups is 1. The number of morpholine rings is 1. The monoisotopic (exact) mass is 447 g/mol. The third-order valence-electron chi connectivity index (χ3n) is 5.58. The van der Waals surface area contributed by atoms with Crippen molar-refractivity contribution >= 4 is 17.7 Å². The van der Waals surface area contributed by atoms with Crippen LogP contribution in [0.25, 0.3) is 22.5 Å². The van der Waals surface area contributed by atoms with Crippen LogP contribution in [-0.2, 0) is 11.3 Å². The van der Waals surface area contributed by atoms with Crippen LogP contribution in [0.5, 0.6) is 0 Å². The second kappa shape index (κ2) is 10.4. The fourth-order valence-corrected chi connectivity index (χ4v) is 3.84. The number of carbonyl (C=O) groups is 1. The van der Waals surface area contributed by atoms with Gasteiger partial charge in [0.2, 0.25) is 5.95 Å². The zero-order valence-corrected chi connectivity index (χ0v) is 18.9. The van der Waals surface area contributed by atoms with Gasteiger partial charge in [0.15, 0.2) is 0 Å². The number of aliphatic hydroxyl groups is 1. The molecule has 8 heteroatoms. The van der Waals surface area contributed by atoms with Crippen LogP contribution in [0.2, 0.25) is 0 Å². The lowest BCUT2D eigenvalue weighted by Gasteiger charge is -2.33. The van der Waals surface area contributed by atoms with Crippen molar-refractivity contribution in [3.63, 3.8) is 0 Å². The number of amides is 2. The molecule has 3 aromatic rings. The minimum Gasteiger partial charge on any atom is -0.392 e. The first kappa shape index (κ1) is 22.7. The zero-order chi connectivity index (χ0) is 23.2. The van der Waals surface area contributed by atoms with Gasteiger partial charge < -0.3 is 25.4 Å². The summed E-state index contributed by atoms with van der Waals surface area (Å²) in [6.07, 6.45) is 0. The van der Waals surface area contributed by atoms with Crippen LogP contribution in [0.3, 0.4) is 0 Å². The number of benzene rings is 2. The van der Waals surface area contributed by atoms with Gasteiger partial charge >= 0.3 is 6.03 Å². The number of nitrogens with zero attached hydrogens (tertiary/aromatic N) is 3. The second-order valence-electron chi connectivity index (χ2n) is 7.93. The van der Waals surface area contributed by atoms with Gasteiger partial charge in [0, 0.05) is 29.9 Å². The summed E-state index contributed by atoms with van der Waals surface area (Å²) in [5.41, 5.74) is 4.81. The van der Waals surface area contributed by atoms with E-state index in [9.17, 15) is 9.90 Å². The first-order valence-electron chi connectivity index (χ1n) is 11.2. The van der Waals surface area contributed by atoms with E-state index < -0.39 is 0 Å². The highest BCUT2D eigenvalue weighted by Crippen LogP contribution is 2.30. The number of nitrogens with one attached hydrogen (secondary N) is 2. The van der Waals surface area contributed by atoms with Gasteiger partial charge in [-0.25, -0.2) is 14.8 Å². The van der Waals surface area contributed by atoms with Crippen LogP contribution >= 0.6 is 0 Å². The predicted molar refractivity (Wildman–Crippen MR) is 129 cm³/mol. The van der Waals surface area contributed by atoms with Gasteiger partial charge in [-0.1, -0.05) is 36.4 Å². The molecule has 33 heavy (non-hydrogen) atoms. The van der Waals surface area contributed by atoms with Gasteiger partial charge in [-0.3, -0.25) is 0 Å². The van der Waals surface area contributed by atoms with Crippen LogP contribution in [0.4, 0.5) is 16.4 Å². The molecule has 172 valence electrons. The summed E-state index contributed by atoms with van der Waals surface area (Å²) in [7, 11) is 0. The van der Waals surface area contributed by atoms with Gasteiger partial charge in [-0.15, -0.1) is 0 Å². The van der Waals surface area contributed by atoms with E-state index >= 15 is 0 Å². The molecule has 0 unspecified atom stereocenters. The summed E-state index contributed by atoms with van der Waals surface area (Å²) in [6.45, 7) is 6.42. The number of hydrogen-bond donors (Lipinski definition) is 3. The summed E-state index contributed by atoms with van der Waals surface area (Å²) in [5.74, 6) is 0.635. The van der Waals surface area contributed by atoms with Crippen molar-refractivity contribution < 1.29 is 14.6 Å². The molecule has 0 bridgehead atoms. The molecular formula is C25H29N5O3. The highest BCUT2D eigenvalue weighted by molar-refractivity contribution is 5.89. The lowest BCUT2D eigenvalue weighted by molar-refractivity contribution is 0.0981. The first-order valence-corrected chi connectivity index (χ1v) is 11.2. The van der Waals surface area contributed by atoms with Crippen LogP contribution < -0.4 is 15.5 Å². The third-order valence-corrected chi connectivity index (χ3v) is 5.58. The van der Waals surface area contributed by atoms with Crippen molar-refractivity contribution in [1.29, 1.82) is 0 Å². The van der Waals surface area contributed by atoms with E-state index in [1.165, 1.54) is 0 Å². The molecule has 1 aromatic heterocycles. The predicted octanol–water partition coefficient (Wildman–Crippen LogP) is 3.67. The molecule has 0 saturated carbocycles. The molecule has 0 radical (unpaired) electrons. The minimum atomic E-state index is -0.237. The van der Waals surface area contributed by atoms with Gasteiger partial charge in [0.05, 0.1) is 37.3 Å². The van der Waals surface area contributed by atoms with E-state index in [1.54, 1.807) is 0 Å². The Labute approximate surface area is 193 Å². The maximum absolute atomic E-state index is 11.8. The van der Waals surface area contributed by atoms with E-state index in [1.807, 2.05) is 61.5 Å². The number of carbonyl (C=O) groups excluding carboxylic acids is 1. The lowest BCUT2D eigenvalue weighted by Crippen LogP contribution is -2.44. The normalized spacial score (nSPS) is 15.8. The van der Waals surface area contributed by atoms with E-state index in [0.717, 1.165) is 28.1 Å². The fraction of sp³-hybridized carbons (Fsp3) is 0.320. The molecule has 0 aliphatic carbocycles. The average Bonchev–Trinajstić information content (AvgIpc) is 2.84. The number of rotatable bonds is 6. The minimum absolute atomic E-state index is 0.0704. The van der Waals surface area contributed by atoms with Gasteiger partial charge in [-0.05, 0) is 37.6 Å². The Morgan fingerprint density at radius 2 is 1.91 bits per heavy atom. The molecular weight excluding hydrogens is 418 g/mol. The van der Waals surface area contributed by atoms with E-state index in [0.29, 0.717) is 37.9 Å². The Kier molecular flexibility index (Phi) is 7.16. The van der Waals surface area contributed by atoms with Crippen LogP contribution in [-0.4, -0.2) is 53.5 Å². The SMILES string of the molecule is CCNC(=O)Nc1ccc(-c2cc(-c3ccccc3CO)nc(N3CCOC[C@@H]3C)n2)cc1. The van der Waals surface area contributed by atoms with E-state index in [4.69, 9.17) is 14.7 Å².